The van der Waals surface area contributed by atoms with Crippen LogP contribution in [0, 0.1) is 0 Å². The predicted octanol–water partition coefficient (Wildman–Crippen LogP) is 1.72. The van der Waals surface area contributed by atoms with Crippen molar-refractivity contribution in [2.24, 2.45) is 0 Å². The Balaban J connectivity index is 2.38. The summed E-state index contributed by atoms with van der Waals surface area (Å²) in [5.41, 5.74) is 0. The lowest BCUT2D eigenvalue weighted by atomic mass is 10.0. The van der Waals surface area contributed by atoms with E-state index < -0.39 is 6.43 Å². The fraction of sp³-hybridized carbons (Fsp3) is 1.00. The van der Waals surface area contributed by atoms with Gasteiger partial charge in [0, 0.05) is 6.04 Å². The van der Waals surface area contributed by atoms with Crippen LogP contribution in [0.1, 0.15) is 26.2 Å². The summed E-state index contributed by atoms with van der Waals surface area (Å²) < 4.78 is 24.6. The standard InChI is InChI=1S/C10H20F2N2/c1-2-7-14(8-10(11)12)9-3-5-13-6-4-9/h9-10,13H,2-8H2,1H3. The Kier molecular flexibility index (Phi) is 5.33. The highest BCUT2D eigenvalue weighted by atomic mass is 19.3. The van der Waals surface area contributed by atoms with Gasteiger partial charge in [-0.05, 0) is 38.9 Å². The molecule has 84 valence electrons. The third kappa shape index (κ3) is 3.88. The highest BCUT2D eigenvalue weighted by Crippen LogP contribution is 2.13. The maximum absolute atomic E-state index is 12.3. The molecule has 0 aromatic rings. The van der Waals surface area contributed by atoms with Gasteiger partial charge in [0.05, 0.1) is 6.54 Å². The minimum absolute atomic E-state index is 0.0570. The van der Waals surface area contributed by atoms with Crippen molar-refractivity contribution in [3.8, 4) is 0 Å². The zero-order valence-electron chi connectivity index (χ0n) is 8.81. The van der Waals surface area contributed by atoms with Gasteiger partial charge in [0.2, 0.25) is 0 Å². The van der Waals surface area contributed by atoms with Gasteiger partial charge < -0.3 is 5.32 Å². The van der Waals surface area contributed by atoms with E-state index in [1.807, 2.05) is 11.8 Å². The van der Waals surface area contributed by atoms with E-state index in [9.17, 15) is 8.78 Å². The molecule has 1 heterocycles. The summed E-state index contributed by atoms with van der Waals surface area (Å²) in [4.78, 5) is 1.95. The Labute approximate surface area is 84.7 Å². The molecule has 0 atom stereocenters. The topological polar surface area (TPSA) is 15.3 Å². The Morgan fingerprint density at radius 2 is 2.00 bits per heavy atom. The zero-order chi connectivity index (χ0) is 10.4. The second kappa shape index (κ2) is 6.30. The smallest absolute Gasteiger partial charge is 0.251 e. The molecule has 1 N–H and O–H groups in total. The van der Waals surface area contributed by atoms with Crippen LogP contribution in [0.5, 0.6) is 0 Å². The van der Waals surface area contributed by atoms with Crippen molar-refractivity contribution in [1.29, 1.82) is 0 Å². The molecule has 1 aliphatic heterocycles. The summed E-state index contributed by atoms with van der Waals surface area (Å²) in [5.74, 6) is 0. The molecule has 0 amide bonds. The number of rotatable bonds is 5. The van der Waals surface area contributed by atoms with E-state index in [1.165, 1.54) is 0 Å². The number of nitrogens with zero attached hydrogens (tertiary/aromatic N) is 1. The van der Waals surface area contributed by atoms with Crippen molar-refractivity contribution >= 4 is 0 Å². The average molecular weight is 206 g/mol. The van der Waals surface area contributed by atoms with Gasteiger partial charge in [0.15, 0.2) is 0 Å². The van der Waals surface area contributed by atoms with E-state index in [0.717, 1.165) is 38.9 Å². The number of hydrogen-bond acceptors (Lipinski definition) is 2. The molecule has 2 nitrogen and oxygen atoms in total. The van der Waals surface area contributed by atoms with E-state index in [1.54, 1.807) is 0 Å². The van der Waals surface area contributed by atoms with Crippen molar-refractivity contribution in [2.45, 2.75) is 38.7 Å². The Morgan fingerprint density at radius 3 is 2.50 bits per heavy atom. The van der Waals surface area contributed by atoms with Crippen LogP contribution in [0.15, 0.2) is 0 Å². The van der Waals surface area contributed by atoms with Gasteiger partial charge in [-0.25, -0.2) is 8.78 Å². The molecule has 1 saturated heterocycles. The molecule has 14 heavy (non-hydrogen) atoms. The number of piperidine rings is 1. The summed E-state index contributed by atoms with van der Waals surface area (Å²) in [6, 6.07) is 0.366. The quantitative estimate of drug-likeness (QED) is 0.736. The molecule has 1 rings (SSSR count). The van der Waals surface area contributed by atoms with Gasteiger partial charge in [-0.3, -0.25) is 4.90 Å². The minimum Gasteiger partial charge on any atom is -0.317 e. The van der Waals surface area contributed by atoms with Crippen LogP contribution in [0.25, 0.3) is 0 Å². The van der Waals surface area contributed by atoms with Gasteiger partial charge in [-0.15, -0.1) is 0 Å². The van der Waals surface area contributed by atoms with Gasteiger partial charge in [-0.2, -0.15) is 0 Å². The monoisotopic (exact) mass is 206 g/mol. The lowest BCUT2D eigenvalue weighted by Crippen LogP contribution is -2.45. The second-order valence-electron chi connectivity index (χ2n) is 3.87. The molecule has 1 fully saturated rings. The molecule has 4 heteroatoms. The van der Waals surface area contributed by atoms with Crippen LogP contribution >= 0.6 is 0 Å². The molecule has 0 radical (unpaired) electrons. The number of nitrogens with one attached hydrogen (secondary N) is 1. The van der Waals surface area contributed by atoms with E-state index >= 15 is 0 Å². The summed E-state index contributed by atoms with van der Waals surface area (Å²) in [6.45, 7) is 4.72. The van der Waals surface area contributed by atoms with Crippen molar-refractivity contribution < 1.29 is 8.78 Å². The first-order valence-corrected chi connectivity index (χ1v) is 5.47. The van der Waals surface area contributed by atoms with Crippen molar-refractivity contribution in [2.75, 3.05) is 26.2 Å². The third-order valence-corrected chi connectivity index (χ3v) is 2.71. The molecular weight excluding hydrogens is 186 g/mol. The first-order valence-electron chi connectivity index (χ1n) is 5.47. The van der Waals surface area contributed by atoms with Crippen molar-refractivity contribution in [1.82, 2.24) is 10.2 Å². The molecule has 0 saturated carbocycles. The third-order valence-electron chi connectivity index (χ3n) is 2.71. The van der Waals surface area contributed by atoms with E-state index in [0.29, 0.717) is 6.04 Å². The molecule has 0 aromatic carbocycles. The van der Waals surface area contributed by atoms with Crippen LogP contribution in [0.4, 0.5) is 8.78 Å². The molecule has 1 aliphatic rings. The van der Waals surface area contributed by atoms with Crippen LogP contribution in [0.2, 0.25) is 0 Å². The molecule has 0 bridgehead atoms. The van der Waals surface area contributed by atoms with E-state index in [4.69, 9.17) is 0 Å². The van der Waals surface area contributed by atoms with Crippen molar-refractivity contribution in [3.05, 3.63) is 0 Å². The van der Waals surface area contributed by atoms with Gasteiger partial charge in [-0.1, -0.05) is 6.92 Å². The van der Waals surface area contributed by atoms with Crippen LogP contribution < -0.4 is 5.32 Å². The fourth-order valence-corrected chi connectivity index (χ4v) is 2.06. The Hall–Kier alpha value is -0.220. The van der Waals surface area contributed by atoms with Crippen LogP contribution in [-0.4, -0.2) is 43.5 Å². The summed E-state index contributed by atoms with van der Waals surface area (Å²) in [5, 5.41) is 3.25. The molecular formula is C10H20F2N2. The second-order valence-corrected chi connectivity index (χ2v) is 3.87. The normalized spacial score (nSPS) is 19.5. The summed E-state index contributed by atoms with van der Waals surface area (Å²) in [6.07, 6.45) is 0.771. The first-order chi connectivity index (χ1) is 6.74. The van der Waals surface area contributed by atoms with E-state index in [2.05, 4.69) is 5.32 Å². The van der Waals surface area contributed by atoms with Gasteiger partial charge in [0.1, 0.15) is 0 Å². The molecule has 0 unspecified atom stereocenters. The predicted molar refractivity (Wildman–Crippen MR) is 53.8 cm³/mol. The zero-order valence-corrected chi connectivity index (χ0v) is 8.81. The Bertz CT molecular complexity index is 147. The molecule has 0 spiro atoms. The minimum atomic E-state index is -2.20. The van der Waals surface area contributed by atoms with Crippen LogP contribution in [0.3, 0.4) is 0 Å². The lowest BCUT2D eigenvalue weighted by molar-refractivity contribution is 0.0564. The maximum Gasteiger partial charge on any atom is 0.251 e. The number of halogens is 2. The largest absolute Gasteiger partial charge is 0.317 e. The first kappa shape index (κ1) is 11.9. The average Bonchev–Trinajstić information content (AvgIpc) is 2.18. The van der Waals surface area contributed by atoms with E-state index in [-0.39, 0.29) is 6.54 Å². The maximum atomic E-state index is 12.3. The number of alkyl halides is 2. The SMILES string of the molecule is CCCN(CC(F)F)C1CCNCC1. The number of hydrogen-bond donors (Lipinski definition) is 1. The van der Waals surface area contributed by atoms with Gasteiger partial charge in [0.25, 0.3) is 6.43 Å². The Morgan fingerprint density at radius 1 is 1.36 bits per heavy atom. The summed E-state index contributed by atoms with van der Waals surface area (Å²) in [7, 11) is 0. The highest BCUT2D eigenvalue weighted by molar-refractivity contribution is 4.77. The molecule has 0 aromatic heterocycles. The van der Waals surface area contributed by atoms with Gasteiger partial charge >= 0.3 is 0 Å². The summed E-state index contributed by atoms with van der Waals surface area (Å²) >= 11 is 0. The van der Waals surface area contributed by atoms with Crippen molar-refractivity contribution in [3.63, 3.8) is 0 Å². The fourth-order valence-electron chi connectivity index (χ4n) is 2.06. The highest BCUT2D eigenvalue weighted by Gasteiger charge is 2.22. The van der Waals surface area contributed by atoms with Crippen LogP contribution in [-0.2, 0) is 0 Å². The molecule has 0 aliphatic carbocycles. The lowest BCUT2D eigenvalue weighted by Gasteiger charge is -2.34.